The normalized spacial score (nSPS) is 13.0. The lowest BCUT2D eigenvalue weighted by atomic mass is 10.1. The summed E-state index contributed by atoms with van der Waals surface area (Å²) >= 11 is 3.57. The molecule has 0 saturated heterocycles. The summed E-state index contributed by atoms with van der Waals surface area (Å²) in [6.45, 7) is 1.90. The number of rotatable bonds is 3. The third-order valence-electron chi connectivity index (χ3n) is 3.47. The molecular formula is C16H17BrN2O2. The van der Waals surface area contributed by atoms with E-state index in [9.17, 15) is 0 Å². The zero-order valence-corrected chi connectivity index (χ0v) is 13.4. The quantitative estimate of drug-likeness (QED) is 0.863. The molecule has 0 atom stereocenters. The molecule has 0 spiro atoms. The highest BCUT2D eigenvalue weighted by Gasteiger charge is 2.17. The minimum Gasteiger partial charge on any atom is -0.486 e. The van der Waals surface area contributed by atoms with Crippen LogP contribution in [0.15, 0.2) is 40.9 Å². The van der Waals surface area contributed by atoms with E-state index in [1.54, 1.807) is 0 Å². The average molecular weight is 349 g/mol. The number of nitrogens with zero attached hydrogens (tertiary/aromatic N) is 1. The van der Waals surface area contributed by atoms with Gasteiger partial charge < -0.3 is 20.1 Å². The predicted molar refractivity (Wildman–Crippen MR) is 88.1 cm³/mol. The molecular weight excluding hydrogens is 332 g/mol. The molecule has 0 fully saturated rings. The van der Waals surface area contributed by atoms with Gasteiger partial charge in [0.15, 0.2) is 11.5 Å². The number of hydrogen-bond acceptors (Lipinski definition) is 4. The lowest BCUT2D eigenvalue weighted by Gasteiger charge is -2.25. The Hall–Kier alpha value is -1.88. The van der Waals surface area contributed by atoms with Gasteiger partial charge in [-0.3, -0.25) is 0 Å². The zero-order chi connectivity index (χ0) is 14.8. The van der Waals surface area contributed by atoms with Gasteiger partial charge in [0.05, 0.1) is 11.4 Å². The van der Waals surface area contributed by atoms with Crippen LogP contribution in [-0.4, -0.2) is 20.3 Å². The summed E-state index contributed by atoms with van der Waals surface area (Å²) in [5.41, 5.74) is 8.98. The summed E-state index contributed by atoms with van der Waals surface area (Å²) in [6.07, 6.45) is 0. The summed E-state index contributed by atoms with van der Waals surface area (Å²) in [5, 5.41) is 0. The number of nitrogens with two attached hydrogens (primary N) is 1. The van der Waals surface area contributed by atoms with E-state index in [2.05, 4.69) is 26.9 Å². The van der Waals surface area contributed by atoms with Crippen molar-refractivity contribution < 1.29 is 9.47 Å². The number of nitrogen functional groups attached to an aromatic ring is 1. The first-order chi connectivity index (χ1) is 10.1. The molecule has 0 bridgehead atoms. The van der Waals surface area contributed by atoms with Gasteiger partial charge in [-0.25, -0.2) is 0 Å². The van der Waals surface area contributed by atoms with E-state index in [1.165, 1.54) is 5.56 Å². The molecule has 0 amide bonds. The average Bonchev–Trinajstić information content (AvgIpc) is 2.49. The Bertz CT molecular complexity index is 661. The minimum absolute atomic E-state index is 0.568. The van der Waals surface area contributed by atoms with Crippen LogP contribution >= 0.6 is 15.9 Å². The van der Waals surface area contributed by atoms with Gasteiger partial charge in [-0.05, 0) is 11.6 Å². The van der Waals surface area contributed by atoms with Crippen molar-refractivity contribution in [2.24, 2.45) is 0 Å². The molecule has 110 valence electrons. The van der Waals surface area contributed by atoms with Crippen LogP contribution in [0.3, 0.4) is 0 Å². The Kier molecular flexibility index (Phi) is 3.92. The topological polar surface area (TPSA) is 47.7 Å². The molecule has 4 nitrogen and oxygen atoms in total. The number of benzene rings is 2. The van der Waals surface area contributed by atoms with Gasteiger partial charge in [0.2, 0.25) is 0 Å². The fourth-order valence-electron chi connectivity index (χ4n) is 2.39. The molecule has 0 aromatic heterocycles. The van der Waals surface area contributed by atoms with Gasteiger partial charge in [0, 0.05) is 30.2 Å². The van der Waals surface area contributed by atoms with Crippen molar-refractivity contribution in [3.05, 3.63) is 46.4 Å². The number of anilines is 2. The van der Waals surface area contributed by atoms with Crippen LogP contribution in [0.5, 0.6) is 11.5 Å². The van der Waals surface area contributed by atoms with Gasteiger partial charge in [0.25, 0.3) is 0 Å². The molecule has 2 N–H and O–H groups in total. The predicted octanol–water partition coefficient (Wildman–Crippen LogP) is 3.44. The van der Waals surface area contributed by atoms with Crippen LogP contribution in [0.4, 0.5) is 11.4 Å². The molecule has 1 aliphatic heterocycles. The molecule has 5 heteroatoms. The van der Waals surface area contributed by atoms with Crippen molar-refractivity contribution in [1.82, 2.24) is 0 Å². The van der Waals surface area contributed by atoms with Gasteiger partial charge in [-0.15, -0.1) is 0 Å². The van der Waals surface area contributed by atoms with Gasteiger partial charge in [-0.1, -0.05) is 34.1 Å². The Morgan fingerprint density at radius 1 is 1.14 bits per heavy atom. The molecule has 0 unspecified atom stereocenters. The van der Waals surface area contributed by atoms with Crippen molar-refractivity contribution in [3.8, 4) is 11.5 Å². The van der Waals surface area contributed by atoms with E-state index >= 15 is 0 Å². The first-order valence-corrected chi connectivity index (χ1v) is 7.58. The van der Waals surface area contributed by atoms with Crippen molar-refractivity contribution in [2.45, 2.75) is 6.54 Å². The summed E-state index contributed by atoms with van der Waals surface area (Å²) in [4.78, 5) is 2.10. The van der Waals surface area contributed by atoms with Crippen molar-refractivity contribution >= 4 is 27.3 Å². The van der Waals surface area contributed by atoms with E-state index in [0.717, 1.165) is 28.2 Å². The number of halogens is 1. The molecule has 2 aromatic rings. The number of ether oxygens (including phenoxy) is 2. The van der Waals surface area contributed by atoms with Gasteiger partial charge in [0.1, 0.15) is 13.2 Å². The molecule has 1 aliphatic rings. The molecule has 2 aromatic carbocycles. The number of hydrogen-bond donors (Lipinski definition) is 1. The van der Waals surface area contributed by atoms with Crippen LogP contribution in [0.1, 0.15) is 5.56 Å². The second-order valence-corrected chi connectivity index (χ2v) is 5.86. The Balaban J connectivity index is 1.87. The molecule has 21 heavy (non-hydrogen) atoms. The first kappa shape index (κ1) is 14.1. The number of fused-ring (bicyclic) bond motifs is 1. The highest BCUT2D eigenvalue weighted by molar-refractivity contribution is 9.10. The Morgan fingerprint density at radius 2 is 1.81 bits per heavy atom. The minimum atomic E-state index is 0.568. The standard InChI is InChI=1S/C16H17BrN2O2/c1-19(10-11-4-2-3-5-12(11)17)14-9-16-15(8-13(14)18)20-6-7-21-16/h2-5,8-9H,6-7,10,18H2,1H3. The third kappa shape index (κ3) is 2.93. The Labute approximate surface area is 132 Å². The van der Waals surface area contributed by atoms with E-state index in [0.29, 0.717) is 18.9 Å². The molecule has 0 saturated carbocycles. The van der Waals surface area contributed by atoms with Crippen LogP contribution in [0.25, 0.3) is 0 Å². The Morgan fingerprint density at radius 3 is 2.52 bits per heavy atom. The monoisotopic (exact) mass is 348 g/mol. The van der Waals surface area contributed by atoms with Crippen LogP contribution in [0, 0.1) is 0 Å². The summed E-state index contributed by atoms with van der Waals surface area (Å²) in [6, 6.07) is 11.9. The lowest BCUT2D eigenvalue weighted by Crippen LogP contribution is -2.20. The maximum Gasteiger partial charge on any atom is 0.163 e. The van der Waals surface area contributed by atoms with Crippen molar-refractivity contribution in [3.63, 3.8) is 0 Å². The van der Waals surface area contributed by atoms with Gasteiger partial charge >= 0.3 is 0 Å². The summed E-state index contributed by atoms with van der Waals surface area (Å²) < 4.78 is 12.3. The van der Waals surface area contributed by atoms with E-state index in [-0.39, 0.29) is 0 Å². The maximum absolute atomic E-state index is 6.15. The SMILES string of the molecule is CN(Cc1ccccc1Br)c1cc2c(cc1N)OCCO2. The van der Waals surface area contributed by atoms with Crippen LogP contribution < -0.4 is 20.1 Å². The van der Waals surface area contributed by atoms with Crippen LogP contribution in [-0.2, 0) is 6.54 Å². The summed E-state index contributed by atoms with van der Waals surface area (Å²) in [5.74, 6) is 1.47. The van der Waals surface area contributed by atoms with E-state index in [4.69, 9.17) is 15.2 Å². The second kappa shape index (κ2) is 5.85. The van der Waals surface area contributed by atoms with E-state index < -0.39 is 0 Å². The molecule has 3 rings (SSSR count). The smallest absolute Gasteiger partial charge is 0.163 e. The van der Waals surface area contributed by atoms with Crippen molar-refractivity contribution in [2.75, 3.05) is 30.9 Å². The fourth-order valence-corrected chi connectivity index (χ4v) is 2.80. The fraction of sp³-hybridized carbons (Fsp3) is 0.250. The summed E-state index contributed by atoms with van der Waals surface area (Å²) in [7, 11) is 2.02. The zero-order valence-electron chi connectivity index (χ0n) is 11.8. The largest absolute Gasteiger partial charge is 0.486 e. The second-order valence-electron chi connectivity index (χ2n) is 5.00. The molecule has 0 radical (unpaired) electrons. The van der Waals surface area contributed by atoms with Crippen LogP contribution in [0.2, 0.25) is 0 Å². The highest BCUT2D eigenvalue weighted by Crippen LogP contribution is 2.38. The molecule has 0 aliphatic carbocycles. The third-order valence-corrected chi connectivity index (χ3v) is 4.24. The first-order valence-electron chi connectivity index (χ1n) is 6.79. The molecule has 1 heterocycles. The van der Waals surface area contributed by atoms with E-state index in [1.807, 2.05) is 37.4 Å². The maximum atomic E-state index is 6.15. The van der Waals surface area contributed by atoms with Gasteiger partial charge in [-0.2, -0.15) is 0 Å². The lowest BCUT2D eigenvalue weighted by molar-refractivity contribution is 0.172. The van der Waals surface area contributed by atoms with Crippen molar-refractivity contribution in [1.29, 1.82) is 0 Å². The highest BCUT2D eigenvalue weighted by atomic mass is 79.9.